The summed E-state index contributed by atoms with van der Waals surface area (Å²) in [6.07, 6.45) is 2.11. The maximum absolute atomic E-state index is 12.2. The van der Waals surface area contributed by atoms with Gasteiger partial charge in [0.05, 0.1) is 12.4 Å². The predicted molar refractivity (Wildman–Crippen MR) is 68.9 cm³/mol. The Kier molecular flexibility index (Phi) is 2.64. The number of fused-ring (bicyclic) bond motifs is 1. The van der Waals surface area contributed by atoms with E-state index in [1.807, 2.05) is 0 Å². The Bertz CT molecular complexity index is 347. The molecule has 4 aliphatic rings. The third-order valence-corrected chi connectivity index (χ3v) is 5.57. The Labute approximate surface area is 106 Å². The molecule has 0 N–H and O–H groups in total. The van der Waals surface area contributed by atoms with E-state index >= 15 is 0 Å². The van der Waals surface area contributed by atoms with E-state index in [1.54, 1.807) is 0 Å². The monoisotopic (exact) mass is 226 g/mol. The van der Waals surface area contributed by atoms with Gasteiger partial charge in [0.2, 0.25) is 0 Å². The Morgan fingerprint density at radius 1 is 1.18 bits per heavy atom. The molecular weight excluding hydrogens is 209 g/mol. The molecule has 0 aromatic rings. The minimum Gasteiger partial charge on any atom is -0.462 e. The molecule has 2 heterocycles. The maximum Gasteiger partial charge on any atom is 0.309 e. The van der Waals surface area contributed by atoms with Crippen molar-refractivity contribution in [1.29, 1.82) is 0 Å². The Morgan fingerprint density at radius 3 is 2.47 bits per heavy atom. The molecule has 4 rings (SSSR count). The fourth-order valence-electron chi connectivity index (χ4n) is 4.77. The van der Waals surface area contributed by atoms with Gasteiger partial charge in [0.25, 0.3) is 0 Å². The third kappa shape index (κ3) is 1.53. The molecular formula is C12H17B3O2. The zero-order valence-electron chi connectivity index (χ0n) is 10.5. The van der Waals surface area contributed by atoms with Crippen molar-refractivity contribution in [2.75, 3.05) is 0 Å². The van der Waals surface area contributed by atoms with Crippen LogP contribution in [0.25, 0.3) is 0 Å². The molecule has 2 nitrogen and oxygen atoms in total. The first kappa shape index (κ1) is 11.7. The third-order valence-electron chi connectivity index (χ3n) is 5.57. The molecule has 7 atom stereocenters. The summed E-state index contributed by atoms with van der Waals surface area (Å²) in [6, 6.07) is 0. The largest absolute Gasteiger partial charge is 0.462 e. The average molecular weight is 226 g/mol. The average Bonchev–Trinajstić information content (AvgIpc) is 2.41. The number of carbonyl (C=O) groups excluding carboxylic acids is 1. The van der Waals surface area contributed by atoms with E-state index in [9.17, 15) is 4.79 Å². The molecule has 4 bridgehead atoms. The molecule has 7 unspecified atom stereocenters. The van der Waals surface area contributed by atoms with Crippen LogP contribution in [0.1, 0.15) is 26.7 Å². The molecule has 0 aromatic heterocycles. The van der Waals surface area contributed by atoms with Gasteiger partial charge in [0.15, 0.2) is 0 Å². The summed E-state index contributed by atoms with van der Waals surface area (Å²) in [4.78, 5) is 12.2. The van der Waals surface area contributed by atoms with Crippen molar-refractivity contribution >= 4 is 27.9 Å². The molecule has 4 fully saturated rings. The molecule has 2 saturated heterocycles. The Morgan fingerprint density at radius 2 is 1.82 bits per heavy atom. The number of hydrogen-bond donors (Lipinski definition) is 0. The smallest absolute Gasteiger partial charge is 0.309 e. The van der Waals surface area contributed by atoms with Crippen LogP contribution in [-0.2, 0) is 9.53 Å². The van der Waals surface area contributed by atoms with E-state index in [2.05, 4.69) is 13.8 Å². The van der Waals surface area contributed by atoms with E-state index in [4.69, 9.17) is 20.2 Å². The molecule has 2 aliphatic heterocycles. The highest BCUT2D eigenvalue weighted by Crippen LogP contribution is 2.58. The van der Waals surface area contributed by atoms with Crippen molar-refractivity contribution in [2.24, 2.45) is 29.6 Å². The van der Waals surface area contributed by atoms with Crippen LogP contribution in [0.3, 0.4) is 0 Å². The Balaban J connectivity index is 2.05. The van der Waals surface area contributed by atoms with E-state index in [0.29, 0.717) is 23.7 Å². The zero-order chi connectivity index (χ0) is 12.3. The zero-order valence-corrected chi connectivity index (χ0v) is 10.5. The lowest BCUT2D eigenvalue weighted by molar-refractivity contribution is -0.152. The molecule has 0 aromatic carbocycles. The summed E-state index contributed by atoms with van der Waals surface area (Å²) in [6.45, 7) is 4.07. The van der Waals surface area contributed by atoms with Crippen LogP contribution in [0.15, 0.2) is 0 Å². The van der Waals surface area contributed by atoms with Crippen molar-refractivity contribution in [3.63, 3.8) is 0 Å². The molecule has 2 saturated carbocycles. The summed E-state index contributed by atoms with van der Waals surface area (Å²) in [5, 5.41) is 0. The molecule has 0 amide bonds. The van der Waals surface area contributed by atoms with E-state index < -0.39 is 6.49 Å². The topological polar surface area (TPSA) is 26.3 Å². The second kappa shape index (κ2) is 3.83. The van der Waals surface area contributed by atoms with Crippen LogP contribution >= 0.6 is 0 Å². The van der Waals surface area contributed by atoms with Gasteiger partial charge < -0.3 is 4.74 Å². The normalized spacial score (nSPS) is 52.1. The lowest BCUT2D eigenvalue weighted by Gasteiger charge is -2.52. The van der Waals surface area contributed by atoms with Crippen molar-refractivity contribution in [1.82, 2.24) is 0 Å². The van der Waals surface area contributed by atoms with Crippen molar-refractivity contribution in [3.05, 3.63) is 0 Å². The molecule has 4 radical (unpaired) electrons. The highest BCUT2D eigenvalue weighted by Gasteiger charge is 2.57. The SMILES string of the molecule is [B]B([B])C1C2CC3CC(C2C)C(C)C1C(=O)O3. The number of hydrogen-bond acceptors (Lipinski definition) is 2. The van der Waals surface area contributed by atoms with Crippen LogP contribution < -0.4 is 0 Å². The summed E-state index contributed by atoms with van der Waals surface area (Å²) in [5.41, 5.74) is 0. The Hall–Kier alpha value is -0.335. The van der Waals surface area contributed by atoms with Crippen molar-refractivity contribution in [2.45, 2.75) is 38.6 Å². The first-order valence-electron chi connectivity index (χ1n) is 6.72. The van der Waals surface area contributed by atoms with E-state index in [-0.39, 0.29) is 23.8 Å². The van der Waals surface area contributed by atoms with E-state index in [1.165, 1.54) is 0 Å². The van der Waals surface area contributed by atoms with Gasteiger partial charge in [-0.1, -0.05) is 19.7 Å². The summed E-state index contributed by atoms with van der Waals surface area (Å²) in [5.74, 6) is 2.02. The number of rotatable bonds is 1. The lowest BCUT2D eigenvalue weighted by Crippen LogP contribution is -2.50. The fourth-order valence-corrected chi connectivity index (χ4v) is 4.77. The van der Waals surface area contributed by atoms with Gasteiger partial charge >= 0.3 is 5.97 Å². The van der Waals surface area contributed by atoms with Crippen LogP contribution in [-0.4, -0.2) is 34.0 Å². The van der Waals surface area contributed by atoms with Crippen LogP contribution in [0.4, 0.5) is 0 Å². The van der Waals surface area contributed by atoms with Crippen LogP contribution in [0.2, 0.25) is 5.82 Å². The van der Waals surface area contributed by atoms with Gasteiger partial charge in [-0.25, -0.2) is 0 Å². The summed E-state index contributed by atoms with van der Waals surface area (Å²) >= 11 is 0. The number of ether oxygens (including phenoxy) is 1. The van der Waals surface area contributed by atoms with Gasteiger partial charge in [-0.15, -0.1) is 0 Å². The molecule has 17 heavy (non-hydrogen) atoms. The lowest BCUT2D eigenvalue weighted by atomic mass is 9.11. The quantitative estimate of drug-likeness (QED) is 0.492. The predicted octanol–water partition coefficient (Wildman–Crippen LogP) is 1.04. The van der Waals surface area contributed by atoms with E-state index in [0.717, 1.165) is 12.8 Å². The molecule has 5 heteroatoms. The summed E-state index contributed by atoms with van der Waals surface area (Å²) < 4.78 is 5.59. The second-order valence-corrected chi connectivity index (χ2v) is 6.26. The van der Waals surface area contributed by atoms with Gasteiger partial charge in [-0.05, 0) is 36.5 Å². The van der Waals surface area contributed by atoms with Crippen molar-refractivity contribution < 1.29 is 9.53 Å². The van der Waals surface area contributed by atoms with Gasteiger partial charge in [0.1, 0.15) is 6.10 Å². The first-order chi connectivity index (χ1) is 8.00. The number of carbonyl (C=O) groups is 1. The minimum atomic E-state index is -0.403. The maximum atomic E-state index is 12.2. The van der Waals surface area contributed by atoms with Crippen molar-refractivity contribution in [3.8, 4) is 0 Å². The fraction of sp³-hybridized carbons (Fsp3) is 0.917. The standard InChI is InChI=1S/C12H17B3O2/c1-5-8-3-7-4-9(5)11(15(13)14)10(6(8)2)12(16)17-7/h5-11H,3-4H2,1-2H3. The van der Waals surface area contributed by atoms with Crippen LogP contribution in [0.5, 0.6) is 0 Å². The first-order valence-corrected chi connectivity index (χ1v) is 6.72. The highest BCUT2D eigenvalue weighted by molar-refractivity contribution is 7.30. The highest BCUT2D eigenvalue weighted by atomic mass is 16.5. The molecule has 86 valence electrons. The second-order valence-electron chi connectivity index (χ2n) is 6.26. The molecule has 2 aliphatic carbocycles. The van der Waals surface area contributed by atoms with Crippen LogP contribution in [0, 0.1) is 29.6 Å². The number of esters is 1. The van der Waals surface area contributed by atoms with Gasteiger partial charge in [-0.3, -0.25) is 4.79 Å². The van der Waals surface area contributed by atoms with Gasteiger partial charge in [0, 0.05) is 15.5 Å². The molecule has 0 spiro atoms. The van der Waals surface area contributed by atoms with Gasteiger partial charge in [-0.2, -0.15) is 0 Å². The summed E-state index contributed by atoms with van der Waals surface area (Å²) in [7, 11) is 11.9. The minimum absolute atomic E-state index is 0.0506.